The maximum atomic E-state index is 12.6. The molecule has 2 rings (SSSR count). The summed E-state index contributed by atoms with van der Waals surface area (Å²) in [6.07, 6.45) is 1.62. The van der Waals surface area contributed by atoms with E-state index in [1.54, 1.807) is 10.4 Å². The zero-order valence-corrected chi connectivity index (χ0v) is 12.8. The molecule has 0 aromatic carbocycles. The van der Waals surface area contributed by atoms with Crippen molar-refractivity contribution in [1.82, 2.24) is 9.21 Å². The second-order valence-electron chi connectivity index (χ2n) is 4.82. The predicted molar refractivity (Wildman–Crippen MR) is 78.0 cm³/mol. The lowest BCUT2D eigenvalue weighted by Crippen LogP contribution is -2.34. The molecule has 0 aliphatic carbocycles. The molecule has 0 unspecified atom stereocenters. The number of thiophene rings is 1. The van der Waals surface area contributed by atoms with Crippen LogP contribution in [0.2, 0.25) is 0 Å². The van der Waals surface area contributed by atoms with E-state index in [0.717, 1.165) is 30.8 Å². The van der Waals surface area contributed by atoms with Crippen LogP contribution in [0.3, 0.4) is 0 Å². The van der Waals surface area contributed by atoms with Gasteiger partial charge >= 0.3 is 0 Å². The summed E-state index contributed by atoms with van der Waals surface area (Å²) in [7, 11) is -1.29. The molecule has 0 spiro atoms. The fourth-order valence-corrected chi connectivity index (χ4v) is 5.16. The highest BCUT2D eigenvalue weighted by atomic mass is 32.2. The van der Waals surface area contributed by atoms with Crippen molar-refractivity contribution in [2.45, 2.75) is 17.1 Å². The Morgan fingerprint density at radius 2 is 2.05 bits per heavy atom. The van der Waals surface area contributed by atoms with Crippen LogP contribution in [0.25, 0.3) is 0 Å². The molecule has 0 bridgehead atoms. The highest BCUT2D eigenvalue weighted by Crippen LogP contribution is 2.25. The van der Waals surface area contributed by atoms with Crippen LogP contribution in [0.1, 0.15) is 11.3 Å². The van der Waals surface area contributed by atoms with E-state index in [4.69, 9.17) is 5.73 Å². The van der Waals surface area contributed by atoms with Crippen molar-refractivity contribution in [3.63, 3.8) is 0 Å². The van der Waals surface area contributed by atoms with E-state index in [2.05, 4.69) is 4.90 Å². The molecule has 1 fully saturated rings. The second kappa shape index (κ2) is 6.32. The van der Waals surface area contributed by atoms with Crippen LogP contribution in [0.5, 0.6) is 0 Å². The second-order valence-corrected chi connectivity index (χ2v) is 8.15. The molecule has 108 valence electrons. The SMILES string of the molecule is CN1CCCN(S(=O)(=O)c2ccc(CCN)s2)CC1. The van der Waals surface area contributed by atoms with Crippen molar-refractivity contribution in [3.05, 3.63) is 17.0 Å². The van der Waals surface area contributed by atoms with Gasteiger partial charge < -0.3 is 10.6 Å². The average Bonchev–Trinajstić information content (AvgIpc) is 2.72. The van der Waals surface area contributed by atoms with Crippen molar-refractivity contribution in [3.8, 4) is 0 Å². The number of hydrogen-bond acceptors (Lipinski definition) is 5. The van der Waals surface area contributed by atoms with E-state index < -0.39 is 10.0 Å². The molecule has 2 heterocycles. The average molecular weight is 303 g/mol. The van der Waals surface area contributed by atoms with Gasteiger partial charge in [-0.1, -0.05) is 0 Å². The van der Waals surface area contributed by atoms with Crippen LogP contribution < -0.4 is 5.73 Å². The van der Waals surface area contributed by atoms with Crippen LogP contribution in [0.4, 0.5) is 0 Å². The minimum absolute atomic E-state index is 0.445. The third-order valence-electron chi connectivity index (χ3n) is 3.30. The molecule has 1 aliphatic heterocycles. The number of sulfonamides is 1. The topological polar surface area (TPSA) is 66.6 Å². The molecular weight excluding hydrogens is 282 g/mol. The Morgan fingerprint density at radius 3 is 2.79 bits per heavy atom. The molecule has 1 aromatic rings. The maximum absolute atomic E-state index is 12.6. The highest BCUT2D eigenvalue weighted by molar-refractivity contribution is 7.91. The largest absolute Gasteiger partial charge is 0.330 e. The van der Waals surface area contributed by atoms with Crippen molar-refractivity contribution >= 4 is 21.4 Å². The first-order valence-electron chi connectivity index (χ1n) is 6.51. The van der Waals surface area contributed by atoms with Gasteiger partial charge in [-0.15, -0.1) is 11.3 Å². The highest BCUT2D eigenvalue weighted by Gasteiger charge is 2.27. The summed E-state index contributed by atoms with van der Waals surface area (Å²) >= 11 is 1.34. The number of nitrogens with zero attached hydrogens (tertiary/aromatic N) is 2. The van der Waals surface area contributed by atoms with Crippen LogP contribution in [-0.2, 0) is 16.4 Å². The zero-order valence-electron chi connectivity index (χ0n) is 11.2. The summed E-state index contributed by atoms with van der Waals surface area (Å²) in [5.41, 5.74) is 5.50. The molecule has 2 N–H and O–H groups in total. The van der Waals surface area contributed by atoms with Gasteiger partial charge in [0.15, 0.2) is 0 Å². The Morgan fingerprint density at radius 1 is 1.26 bits per heavy atom. The van der Waals surface area contributed by atoms with E-state index in [9.17, 15) is 8.42 Å². The first-order valence-corrected chi connectivity index (χ1v) is 8.77. The summed E-state index contributed by atoms with van der Waals surface area (Å²) in [6.45, 7) is 3.48. The van der Waals surface area contributed by atoms with Crippen LogP contribution >= 0.6 is 11.3 Å². The Labute approximate surface area is 119 Å². The Bertz CT molecular complexity index is 513. The van der Waals surface area contributed by atoms with E-state index >= 15 is 0 Å². The van der Waals surface area contributed by atoms with Crippen molar-refractivity contribution in [1.29, 1.82) is 0 Å². The number of rotatable bonds is 4. The quantitative estimate of drug-likeness (QED) is 0.883. The number of likely N-dealkylation sites (N-methyl/N-ethyl adjacent to an activating group) is 1. The minimum Gasteiger partial charge on any atom is -0.330 e. The van der Waals surface area contributed by atoms with E-state index in [-0.39, 0.29) is 0 Å². The summed E-state index contributed by atoms with van der Waals surface area (Å²) in [4.78, 5) is 3.21. The summed E-state index contributed by atoms with van der Waals surface area (Å²) < 4.78 is 27.2. The lowest BCUT2D eigenvalue weighted by atomic mass is 10.3. The van der Waals surface area contributed by atoms with E-state index in [1.165, 1.54) is 11.3 Å². The molecule has 19 heavy (non-hydrogen) atoms. The van der Waals surface area contributed by atoms with Gasteiger partial charge in [0.1, 0.15) is 4.21 Å². The predicted octanol–water partition coefficient (Wildman–Crippen LogP) is 0.575. The van der Waals surface area contributed by atoms with Gasteiger partial charge in [-0.05, 0) is 45.1 Å². The van der Waals surface area contributed by atoms with Crippen LogP contribution in [-0.4, -0.2) is 57.4 Å². The molecule has 1 saturated heterocycles. The molecule has 1 aliphatic rings. The van der Waals surface area contributed by atoms with Gasteiger partial charge in [0.05, 0.1) is 0 Å². The number of hydrogen-bond donors (Lipinski definition) is 1. The van der Waals surface area contributed by atoms with Gasteiger partial charge in [-0.3, -0.25) is 0 Å². The van der Waals surface area contributed by atoms with Crippen molar-refractivity contribution in [2.75, 3.05) is 39.8 Å². The third kappa shape index (κ3) is 3.55. The Balaban J connectivity index is 2.15. The maximum Gasteiger partial charge on any atom is 0.252 e. The first-order chi connectivity index (χ1) is 9.04. The van der Waals surface area contributed by atoms with Gasteiger partial charge in [0.2, 0.25) is 0 Å². The van der Waals surface area contributed by atoms with Crippen molar-refractivity contribution in [2.24, 2.45) is 5.73 Å². The van der Waals surface area contributed by atoms with Gasteiger partial charge in [-0.25, -0.2) is 8.42 Å². The lowest BCUT2D eigenvalue weighted by Gasteiger charge is -2.19. The third-order valence-corrected chi connectivity index (χ3v) is 6.81. The summed E-state index contributed by atoms with van der Waals surface area (Å²) in [6, 6.07) is 3.58. The Hall–Kier alpha value is -0.470. The zero-order chi connectivity index (χ0) is 13.9. The Kier molecular flexibility index (Phi) is 4.97. The van der Waals surface area contributed by atoms with Crippen molar-refractivity contribution < 1.29 is 8.42 Å². The van der Waals surface area contributed by atoms with Gasteiger partial charge in [0.25, 0.3) is 10.0 Å². The van der Waals surface area contributed by atoms with E-state index in [1.807, 2.05) is 13.1 Å². The molecule has 7 heteroatoms. The minimum atomic E-state index is -3.32. The number of nitrogens with two attached hydrogens (primary N) is 1. The molecule has 0 amide bonds. The standard InChI is InChI=1S/C12H21N3O2S2/c1-14-7-2-8-15(10-9-14)19(16,17)12-4-3-11(18-12)5-6-13/h3-4H,2,5-10,13H2,1H3. The van der Waals surface area contributed by atoms with Crippen LogP contribution in [0.15, 0.2) is 16.3 Å². The molecular formula is C12H21N3O2S2. The molecule has 0 radical (unpaired) electrons. The molecule has 0 saturated carbocycles. The summed E-state index contributed by atoms with van der Waals surface area (Å²) in [5, 5.41) is 0. The van der Waals surface area contributed by atoms with Gasteiger partial charge in [-0.2, -0.15) is 4.31 Å². The van der Waals surface area contributed by atoms with Crippen LogP contribution in [0, 0.1) is 0 Å². The molecule has 5 nitrogen and oxygen atoms in total. The monoisotopic (exact) mass is 303 g/mol. The van der Waals surface area contributed by atoms with Gasteiger partial charge in [0, 0.05) is 24.5 Å². The first kappa shape index (κ1) is 14.9. The summed E-state index contributed by atoms with van der Waals surface area (Å²) in [5.74, 6) is 0. The normalized spacial score (nSPS) is 19.5. The molecule has 0 atom stereocenters. The smallest absolute Gasteiger partial charge is 0.252 e. The fourth-order valence-electron chi connectivity index (χ4n) is 2.16. The molecule has 1 aromatic heterocycles. The van der Waals surface area contributed by atoms with E-state index in [0.29, 0.717) is 23.8 Å². The fraction of sp³-hybridized carbons (Fsp3) is 0.667. The lowest BCUT2D eigenvalue weighted by molar-refractivity contribution is 0.347.